The number of fused-ring (bicyclic) bond motifs is 1. The maximum atomic E-state index is 3.54. The van der Waals surface area contributed by atoms with Crippen molar-refractivity contribution in [3.05, 3.63) is 29.8 Å². The average molecular weight is 161 g/mol. The molecule has 0 bridgehead atoms. The number of para-hydroxylation sites is 1. The van der Waals surface area contributed by atoms with Crippen molar-refractivity contribution in [1.82, 2.24) is 0 Å². The summed E-state index contributed by atoms with van der Waals surface area (Å²) in [7, 11) is 0. The standard InChI is InChI=1S/C11H15N/c1-2-5-10-8-9-6-3-4-7-11(9)12-10/h3-4,6-7,10,12H,2,5,8H2,1H3. The van der Waals surface area contributed by atoms with Gasteiger partial charge in [0.2, 0.25) is 0 Å². The molecule has 1 nitrogen and oxygen atoms in total. The van der Waals surface area contributed by atoms with Crippen LogP contribution in [0.1, 0.15) is 25.3 Å². The molecule has 1 aliphatic heterocycles. The monoisotopic (exact) mass is 161 g/mol. The average Bonchev–Trinajstić information content (AvgIpc) is 2.47. The molecule has 0 fully saturated rings. The summed E-state index contributed by atoms with van der Waals surface area (Å²) < 4.78 is 0. The molecular weight excluding hydrogens is 146 g/mol. The Balaban J connectivity index is 2.11. The summed E-state index contributed by atoms with van der Waals surface area (Å²) in [6, 6.07) is 9.30. The smallest absolute Gasteiger partial charge is 0.0375 e. The highest BCUT2D eigenvalue weighted by Crippen LogP contribution is 2.26. The van der Waals surface area contributed by atoms with Gasteiger partial charge in [-0.3, -0.25) is 0 Å². The topological polar surface area (TPSA) is 12.0 Å². The van der Waals surface area contributed by atoms with Crippen LogP contribution in [0.25, 0.3) is 0 Å². The first-order chi connectivity index (χ1) is 5.90. The molecular formula is C11H15N. The number of nitrogens with one attached hydrogen (secondary N) is 1. The third-order valence-corrected chi connectivity index (χ3v) is 2.48. The molecule has 0 saturated heterocycles. The van der Waals surface area contributed by atoms with E-state index in [1.54, 1.807) is 0 Å². The normalized spacial score (nSPS) is 20.2. The maximum absolute atomic E-state index is 3.54. The zero-order valence-electron chi connectivity index (χ0n) is 7.51. The van der Waals surface area contributed by atoms with Crippen LogP contribution < -0.4 is 5.32 Å². The van der Waals surface area contributed by atoms with Gasteiger partial charge in [-0.25, -0.2) is 0 Å². The van der Waals surface area contributed by atoms with Crippen LogP contribution in [0, 0.1) is 0 Å². The van der Waals surface area contributed by atoms with Crippen LogP contribution in [0.5, 0.6) is 0 Å². The fourth-order valence-electron chi connectivity index (χ4n) is 1.90. The lowest BCUT2D eigenvalue weighted by Crippen LogP contribution is -2.14. The van der Waals surface area contributed by atoms with Gasteiger partial charge in [0.25, 0.3) is 0 Å². The molecule has 2 rings (SSSR count). The molecule has 1 heteroatoms. The summed E-state index contributed by atoms with van der Waals surface area (Å²) in [5, 5.41) is 3.54. The predicted molar refractivity (Wildman–Crippen MR) is 52.5 cm³/mol. The molecule has 0 aromatic heterocycles. The molecule has 64 valence electrons. The van der Waals surface area contributed by atoms with Crippen LogP contribution >= 0.6 is 0 Å². The highest BCUT2D eigenvalue weighted by molar-refractivity contribution is 5.56. The van der Waals surface area contributed by atoms with Gasteiger partial charge in [0.1, 0.15) is 0 Å². The van der Waals surface area contributed by atoms with Gasteiger partial charge in [-0.1, -0.05) is 31.5 Å². The fraction of sp³-hybridized carbons (Fsp3) is 0.455. The molecule has 0 radical (unpaired) electrons. The molecule has 1 aliphatic rings. The van der Waals surface area contributed by atoms with E-state index in [2.05, 4.69) is 36.5 Å². The van der Waals surface area contributed by atoms with Crippen LogP contribution in [0.15, 0.2) is 24.3 Å². The Morgan fingerprint density at radius 2 is 2.25 bits per heavy atom. The maximum Gasteiger partial charge on any atom is 0.0375 e. The summed E-state index contributed by atoms with van der Waals surface area (Å²) in [5.41, 5.74) is 2.83. The second-order valence-electron chi connectivity index (χ2n) is 3.49. The third-order valence-electron chi connectivity index (χ3n) is 2.48. The van der Waals surface area contributed by atoms with Gasteiger partial charge in [-0.2, -0.15) is 0 Å². The van der Waals surface area contributed by atoms with E-state index in [9.17, 15) is 0 Å². The number of anilines is 1. The van der Waals surface area contributed by atoms with Gasteiger partial charge >= 0.3 is 0 Å². The Bertz CT molecular complexity index is 242. The van der Waals surface area contributed by atoms with E-state index in [0.29, 0.717) is 6.04 Å². The molecule has 1 aromatic carbocycles. The molecule has 1 unspecified atom stereocenters. The lowest BCUT2D eigenvalue weighted by atomic mass is 10.1. The van der Waals surface area contributed by atoms with Gasteiger partial charge in [-0.15, -0.1) is 0 Å². The number of rotatable bonds is 2. The van der Waals surface area contributed by atoms with E-state index in [-0.39, 0.29) is 0 Å². The van der Waals surface area contributed by atoms with Crippen LogP contribution in [0.2, 0.25) is 0 Å². The summed E-state index contributed by atoms with van der Waals surface area (Å²) >= 11 is 0. The van der Waals surface area contributed by atoms with Gasteiger partial charge in [0.05, 0.1) is 0 Å². The van der Waals surface area contributed by atoms with Crippen LogP contribution in [-0.4, -0.2) is 6.04 Å². The first-order valence-corrected chi connectivity index (χ1v) is 4.74. The van der Waals surface area contributed by atoms with Gasteiger partial charge in [-0.05, 0) is 24.5 Å². The van der Waals surface area contributed by atoms with Crippen molar-refractivity contribution in [2.75, 3.05) is 5.32 Å². The third kappa shape index (κ3) is 1.31. The van der Waals surface area contributed by atoms with Crippen molar-refractivity contribution in [1.29, 1.82) is 0 Å². The lowest BCUT2D eigenvalue weighted by Gasteiger charge is -2.08. The Kier molecular flexibility index (Phi) is 2.03. The Labute approximate surface area is 73.8 Å². The Hall–Kier alpha value is -0.980. The number of hydrogen-bond donors (Lipinski definition) is 1. The van der Waals surface area contributed by atoms with Gasteiger partial charge in [0, 0.05) is 11.7 Å². The zero-order valence-corrected chi connectivity index (χ0v) is 7.51. The fourth-order valence-corrected chi connectivity index (χ4v) is 1.90. The SMILES string of the molecule is CCCC1Cc2ccccc2N1. The second kappa shape index (κ2) is 3.18. The molecule has 1 N–H and O–H groups in total. The highest BCUT2D eigenvalue weighted by atomic mass is 14.9. The van der Waals surface area contributed by atoms with E-state index in [1.807, 2.05) is 0 Å². The van der Waals surface area contributed by atoms with Crippen LogP contribution in [-0.2, 0) is 6.42 Å². The van der Waals surface area contributed by atoms with Crippen molar-refractivity contribution >= 4 is 5.69 Å². The van der Waals surface area contributed by atoms with Gasteiger partial charge < -0.3 is 5.32 Å². The summed E-state index contributed by atoms with van der Waals surface area (Å²) in [6.07, 6.45) is 3.77. The van der Waals surface area contributed by atoms with E-state index >= 15 is 0 Å². The molecule has 0 amide bonds. The van der Waals surface area contributed by atoms with Crippen molar-refractivity contribution in [3.8, 4) is 0 Å². The van der Waals surface area contributed by atoms with Gasteiger partial charge in [0.15, 0.2) is 0 Å². The highest BCUT2D eigenvalue weighted by Gasteiger charge is 2.18. The van der Waals surface area contributed by atoms with E-state index in [1.165, 1.54) is 30.5 Å². The molecule has 0 saturated carbocycles. The molecule has 12 heavy (non-hydrogen) atoms. The molecule has 0 aliphatic carbocycles. The molecule has 0 spiro atoms. The minimum absolute atomic E-state index is 0.687. The largest absolute Gasteiger partial charge is 0.382 e. The van der Waals surface area contributed by atoms with Crippen molar-refractivity contribution < 1.29 is 0 Å². The number of hydrogen-bond acceptors (Lipinski definition) is 1. The van der Waals surface area contributed by atoms with E-state index in [0.717, 1.165) is 0 Å². The summed E-state index contributed by atoms with van der Waals surface area (Å²) in [5.74, 6) is 0. The zero-order chi connectivity index (χ0) is 8.39. The first-order valence-electron chi connectivity index (χ1n) is 4.74. The molecule has 1 heterocycles. The quantitative estimate of drug-likeness (QED) is 0.703. The van der Waals surface area contributed by atoms with Crippen LogP contribution in [0.3, 0.4) is 0 Å². The van der Waals surface area contributed by atoms with Crippen LogP contribution in [0.4, 0.5) is 5.69 Å². The second-order valence-corrected chi connectivity index (χ2v) is 3.49. The minimum Gasteiger partial charge on any atom is -0.382 e. The summed E-state index contributed by atoms with van der Waals surface area (Å²) in [6.45, 7) is 2.24. The minimum atomic E-state index is 0.687. The van der Waals surface area contributed by atoms with E-state index in [4.69, 9.17) is 0 Å². The molecule has 1 atom stereocenters. The lowest BCUT2D eigenvalue weighted by molar-refractivity contribution is 0.661. The van der Waals surface area contributed by atoms with Crippen molar-refractivity contribution in [2.45, 2.75) is 32.2 Å². The predicted octanol–water partition coefficient (Wildman–Crippen LogP) is 2.82. The Morgan fingerprint density at radius 3 is 3.00 bits per heavy atom. The number of benzene rings is 1. The van der Waals surface area contributed by atoms with E-state index < -0.39 is 0 Å². The van der Waals surface area contributed by atoms with Crippen molar-refractivity contribution in [2.24, 2.45) is 0 Å². The Morgan fingerprint density at radius 1 is 1.42 bits per heavy atom. The summed E-state index contributed by atoms with van der Waals surface area (Å²) in [4.78, 5) is 0. The van der Waals surface area contributed by atoms with Crippen molar-refractivity contribution in [3.63, 3.8) is 0 Å². The first kappa shape index (κ1) is 7.66. The molecule has 1 aromatic rings.